The molecule has 2 atom stereocenters. The second-order valence-corrected chi connectivity index (χ2v) is 4.97. The molecule has 1 aromatic rings. The number of aliphatic hydroxyl groups is 1. The van der Waals surface area contributed by atoms with Crippen molar-refractivity contribution in [3.8, 4) is 5.75 Å². The minimum Gasteiger partial charge on any atom is -0.497 e. The maximum absolute atomic E-state index is 13.8. The van der Waals surface area contributed by atoms with E-state index in [2.05, 4.69) is 0 Å². The van der Waals surface area contributed by atoms with Crippen LogP contribution >= 0.6 is 0 Å². The fourth-order valence-corrected chi connectivity index (χ4v) is 2.44. The molecule has 19 heavy (non-hydrogen) atoms. The summed E-state index contributed by atoms with van der Waals surface area (Å²) in [6, 6.07) is 4.55. The molecule has 0 bridgehead atoms. The van der Waals surface area contributed by atoms with Crippen LogP contribution in [0.2, 0.25) is 0 Å². The van der Waals surface area contributed by atoms with E-state index < -0.39 is 11.9 Å². The van der Waals surface area contributed by atoms with E-state index in [1.54, 1.807) is 12.1 Å². The lowest BCUT2D eigenvalue weighted by molar-refractivity contribution is 0.00190. The predicted molar refractivity (Wildman–Crippen MR) is 70.7 cm³/mol. The van der Waals surface area contributed by atoms with Gasteiger partial charge < -0.3 is 14.6 Å². The number of halogens is 1. The van der Waals surface area contributed by atoms with Crippen molar-refractivity contribution in [2.24, 2.45) is 0 Å². The monoisotopic (exact) mass is 268 g/mol. The topological polar surface area (TPSA) is 38.7 Å². The third kappa shape index (κ3) is 3.91. The van der Waals surface area contributed by atoms with E-state index in [0.29, 0.717) is 17.7 Å². The van der Waals surface area contributed by atoms with Crippen molar-refractivity contribution in [1.82, 2.24) is 0 Å². The molecule has 1 N–H and O–H groups in total. The van der Waals surface area contributed by atoms with Crippen LogP contribution in [0.4, 0.5) is 4.39 Å². The van der Waals surface area contributed by atoms with Crippen LogP contribution in [0, 0.1) is 5.82 Å². The third-order valence-corrected chi connectivity index (χ3v) is 3.60. The smallest absolute Gasteiger partial charge is 0.132 e. The van der Waals surface area contributed by atoms with Crippen molar-refractivity contribution >= 4 is 0 Å². The summed E-state index contributed by atoms with van der Waals surface area (Å²) in [4.78, 5) is 0. The molecule has 2 unspecified atom stereocenters. The van der Waals surface area contributed by atoms with Gasteiger partial charge in [0.25, 0.3) is 0 Å². The molecule has 0 radical (unpaired) electrons. The summed E-state index contributed by atoms with van der Waals surface area (Å²) < 4.78 is 24.3. The van der Waals surface area contributed by atoms with Gasteiger partial charge in [0.15, 0.2) is 0 Å². The molecule has 2 rings (SSSR count). The molecule has 1 saturated heterocycles. The molecular formula is C15H21FO3. The predicted octanol–water partition coefficient (Wildman–Crippen LogP) is 3.22. The number of aliphatic hydroxyl groups excluding tert-OH is 1. The quantitative estimate of drug-likeness (QED) is 0.891. The van der Waals surface area contributed by atoms with Crippen LogP contribution in [0.1, 0.15) is 43.8 Å². The van der Waals surface area contributed by atoms with Crippen molar-refractivity contribution in [2.45, 2.75) is 44.3 Å². The summed E-state index contributed by atoms with van der Waals surface area (Å²) in [6.07, 6.45) is 4.06. The molecule has 0 saturated carbocycles. The summed E-state index contributed by atoms with van der Waals surface area (Å²) in [5.74, 6) is 0.0421. The molecule has 0 amide bonds. The first-order valence-electron chi connectivity index (χ1n) is 6.84. The maximum atomic E-state index is 13.8. The van der Waals surface area contributed by atoms with Gasteiger partial charge in [-0.1, -0.05) is 0 Å². The van der Waals surface area contributed by atoms with Crippen molar-refractivity contribution in [3.63, 3.8) is 0 Å². The zero-order chi connectivity index (χ0) is 13.7. The number of methoxy groups -OCH3 is 1. The highest BCUT2D eigenvalue weighted by Gasteiger charge is 2.18. The SMILES string of the molecule is COc1ccc(C(O)CCC2CCCCO2)c(F)c1. The Morgan fingerprint density at radius 1 is 1.47 bits per heavy atom. The Balaban J connectivity index is 1.89. The molecule has 0 aliphatic carbocycles. The molecule has 1 fully saturated rings. The summed E-state index contributed by atoms with van der Waals surface area (Å²) in [7, 11) is 1.49. The molecule has 3 nitrogen and oxygen atoms in total. The molecule has 1 aliphatic rings. The first kappa shape index (κ1) is 14.3. The van der Waals surface area contributed by atoms with Gasteiger partial charge in [-0.25, -0.2) is 4.39 Å². The van der Waals surface area contributed by atoms with Crippen molar-refractivity contribution in [2.75, 3.05) is 13.7 Å². The van der Waals surface area contributed by atoms with E-state index >= 15 is 0 Å². The lowest BCUT2D eigenvalue weighted by atomic mass is 9.99. The Hall–Kier alpha value is -1.13. The Labute approximate surface area is 113 Å². The minimum atomic E-state index is -0.781. The van der Waals surface area contributed by atoms with Crippen LogP contribution in [0.15, 0.2) is 18.2 Å². The highest BCUT2D eigenvalue weighted by atomic mass is 19.1. The van der Waals surface area contributed by atoms with Crippen LogP contribution in [0.25, 0.3) is 0 Å². The number of benzene rings is 1. The fourth-order valence-electron chi connectivity index (χ4n) is 2.44. The number of ether oxygens (including phenoxy) is 2. The Bertz CT molecular complexity index is 402. The summed E-state index contributed by atoms with van der Waals surface area (Å²) in [5, 5.41) is 10.1. The zero-order valence-electron chi connectivity index (χ0n) is 11.3. The van der Waals surface area contributed by atoms with Gasteiger partial charge >= 0.3 is 0 Å². The second kappa shape index (κ2) is 6.87. The van der Waals surface area contributed by atoms with Gasteiger partial charge in [0, 0.05) is 18.2 Å². The summed E-state index contributed by atoms with van der Waals surface area (Å²) >= 11 is 0. The first-order valence-corrected chi connectivity index (χ1v) is 6.84. The van der Waals surface area contributed by atoms with Gasteiger partial charge in [-0.2, -0.15) is 0 Å². The Morgan fingerprint density at radius 2 is 2.32 bits per heavy atom. The molecule has 1 heterocycles. The molecule has 106 valence electrons. The number of hydrogen-bond acceptors (Lipinski definition) is 3. The van der Waals surface area contributed by atoms with Gasteiger partial charge in [-0.3, -0.25) is 0 Å². The number of rotatable bonds is 5. The average Bonchev–Trinajstić information content (AvgIpc) is 2.45. The second-order valence-electron chi connectivity index (χ2n) is 4.97. The van der Waals surface area contributed by atoms with Crippen LogP contribution in [-0.2, 0) is 4.74 Å². The van der Waals surface area contributed by atoms with Crippen molar-refractivity contribution < 1.29 is 19.0 Å². The molecule has 1 aromatic carbocycles. The Morgan fingerprint density at radius 3 is 2.95 bits per heavy atom. The molecule has 0 aromatic heterocycles. The lowest BCUT2D eigenvalue weighted by Crippen LogP contribution is -2.19. The Kier molecular flexibility index (Phi) is 5.16. The highest BCUT2D eigenvalue weighted by molar-refractivity contribution is 5.30. The van der Waals surface area contributed by atoms with Crippen LogP contribution in [0.5, 0.6) is 5.75 Å². The highest BCUT2D eigenvalue weighted by Crippen LogP contribution is 2.27. The van der Waals surface area contributed by atoms with E-state index in [1.165, 1.54) is 19.6 Å². The van der Waals surface area contributed by atoms with E-state index in [9.17, 15) is 9.50 Å². The van der Waals surface area contributed by atoms with E-state index in [-0.39, 0.29) is 6.10 Å². The van der Waals surface area contributed by atoms with Gasteiger partial charge in [0.1, 0.15) is 11.6 Å². The van der Waals surface area contributed by atoms with E-state index in [4.69, 9.17) is 9.47 Å². The van der Waals surface area contributed by atoms with Gasteiger partial charge in [0.05, 0.1) is 19.3 Å². The van der Waals surface area contributed by atoms with Gasteiger partial charge in [0.2, 0.25) is 0 Å². The van der Waals surface area contributed by atoms with E-state index in [1.807, 2.05) is 0 Å². The molecule has 0 spiro atoms. The summed E-state index contributed by atoms with van der Waals surface area (Å²) in [5.41, 5.74) is 0.330. The lowest BCUT2D eigenvalue weighted by Gasteiger charge is -2.23. The van der Waals surface area contributed by atoms with Crippen molar-refractivity contribution in [1.29, 1.82) is 0 Å². The fraction of sp³-hybridized carbons (Fsp3) is 0.600. The molecular weight excluding hydrogens is 247 g/mol. The molecule has 1 aliphatic heterocycles. The molecule has 4 heteroatoms. The van der Waals surface area contributed by atoms with Gasteiger partial charge in [-0.05, 0) is 44.2 Å². The van der Waals surface area contributed by atoms with Crippen molar-refractivity contribution in [3.05, 3.63) is 29.6 Å². The first-order chi connectivity index (χ1) is 9.20. The van der Waals surface area contributed by atoms with Crippen LogP contribution in [0.3, 0.4) is 0 Å². The van der Waals surface area contributed by atoms with Crippen LogP contribution < -0.4 is 4.74 Å². The maximum Gasteiger partial charge on any atom is 0.132 e. The van der Waals surface area contributed by atoms with Crippen LogP contribution in [-0.4, -0.2) is 24.9 Å². The standard InChI is InChI=1S/C15H21FO3/c1-18-12-5-7-13(14(16)10-12)15(17)8-6-11-4-2-3-9-19-11/h5,7,10-11,15,17H,2-4,6,8-9H2,1H3. The number of hydrogen-bond donors (Lipinski definition) is 1. The average molecular weight is 268 g/mol. The zero-order valence-corrected chi connectivity index (χ0v) is 11.3. The summed E-state index contributed by atoms with van der Waals surface area (Å²) in [6.45, 7) is 0.803. The normalized spacial score (nSPS) is 21.1. The minimum absolute atomic E-state index is 0.213. The van der Waals surface area contributed by atoms with E-state index in [0.717, 1.165) is 25.9 Å². The third-order valence-electron chi connectivity index (χ3n) is 3.60. The largest absolute Gasteiger partial charge is 0.497 e. The van der Waals surface area contributed by atoms with Gasteiger partial charge in [-0.15, -0.1) is 0 Å².